The van der Waals surface area contributed by atoms with Crippen LogP contribution >= 0.6 is 11.6 Å². The van der Waals surface area contributed by atoms with Gasteiger partial charge in [-0.1, -0.05) is 11.6 Å². The number of piperidine rings is 1. The van der Waals surface area contributed by atoms with Gasteiger partial charge in [0.2, 0.25) is 9.84 Å². The lowest BCUT2D eigenvalue weighted by atomic mass is 10.0. The van der Waals surface area contributed by atoms with E-state index in [0.717, 1.165) is 0 Å². The molecule has 29 heavy (non-hydrogen) atoms. The summed E-state index contributed by atoms with van der Waals surface area (Å²) in [5.41, 5.74) is 0.578. The van der Waals surface area contributed by atoms with E-state index in [1.165, 1.54) is 48.7 Å². The summed E-state index contributed by atoms with van der Waals surface area (Å²) in [6.45, 7) is -0.0997. The number of alkyl halides is 2. The van der Waals surface area contributed by atoms with Crippen molar-refractivity contribution in [1.82, 2.24) is 4.98 Å². The number of halogens is 4. The van der Waals surface area contributed by atoms with Gasteiger partial charge < -0.3 is 4.90 Å². The SMILES string of the molecule is O=S(=O)(c1ccc(Cl)cc1)c1cnc2ccc(F)cc2c1N1CCC(F)(F)CC1. The lowest BCUT2D eigenvalue weighted by Crippen LogP contribution is -2.40. The Hall–Kier alpha value is -2.32. The van der Waals surface area contributed by atoms with Gasteiger partial charge in [0.1, 0.15) is 10.7 Å². The van der Waals surface area contributed by atoms with E-state index in [4.69, 9.17) is 11.6 Å². The second-order valence-corrected chi connectivity index (χ2v) is 9.29. The van der Waals surface area contributed by atoms with Crippen LogP contribution in [-0.2, 0) is 9.84 Å². The molecule has 0 aliphatic carbocycles. The monoisotopic (exact) mass is 440 g/mol. The smallest absolute Gasteiger partial charge is 0.251 e. The van der Waals surface area contributed by atoms with Crippen LogP contribution in [-0.4, -0.2) is 32.4 Å². The maximum absolute atomic E-state index is 14.0. The predicted molar refractivity (Wildman–Crippen MR) is 105 cm³/mol. The maximum atomic E-state index is 14.0. The van der Waals surface area contributed by atoms with Crippen molar-refractivity contribution in [3.8, 4) is 0 Å². The molecule has 0 bridgehead atoms. The van der Waals surface area contributed by atoms with E-state index in [1.54, 1.807) is 4.90 Å². The number of anilines is 1. The number of aromatic nitrogens is 1. The third-order valence-electron chi connectivity index (χ3n) is 4.99. The molecule has 4 rings (SSSR count). The fourth-order valence-corrected chi connectivity index (χ4v) is 5.01. The third kappa shape index (κ3) is 3.79. The molecule has 0 atom stereocenters. The minimum atomic E-state index is -4.04. The molecule has 1 aliphatic rings. The Balaban J connectivity index is 1.93. The van der Waals surface area contributed by atoms with Gasteiger partial charge in [0.25, 0.3) is 5.92 Å². The summed E-state index contributed by atoms with van der Waals surface area (Å²) in [4.78, 5) is 5.58. The average molecular weight is 441 g/mol. The largest absolute Gasteiger partial charge is 0.369 e. The fraction of sp³-hybridized carbons (Fsp3) is 0.250. The lowest BCUT2D eigenvalue weighted by molar-refractivity contribution is -0.0220. The summed E-state index contributed by atoms with van der Waals surface area (Å²) in [6.07, 6.45) is 0.380. The molecule has 2 heterocycles. The van der Waals surface area contributed by atoms with Crippen molar-refractivity contribution in [1.29, 1.82) is 0 Å². The number of rotatable bonds is 3. The first-order valence-corrected chi connectivity index (χ1v) is 10.8. The highest BCUT2D eigenvalue weighted by Gasteiger charge is 2.36. The molecular formula is C20H16ClF3N2O2S. The van der Waals surface area contributed by atoms with Gasteiger partial charge in [0.05, 0.1) is 16.1 Å². The molecule has 0 radical (unpaired) electrons. The molecule has 1 aliphatic heterocycles. The van der Waals surface area contributed by atoms with Gasteiger partial charge in [-0.25, -0.2) is 21.6 Å². The van der Waals surface area contributed by atoms with Crippen molar-refractivity contribution in [2.45, 2.75) is 28.6 Å². The summed E-state index contributed by atoms with van der Waals surface area (Å²) in [5, 5.41) is 0.645. The van der Waals surface area contributed by atoms with Crippen LogP contribution in [0.15, 0.2) is 58.5 Å². The first-order chi connectivity index (χ1) is 13.7. The minimum Gasteiger partial charge on any atom is -0.369 e. The topological polar surface area (TPSA) is 50.3 Å². The summed E-state index contributed by atoms with van der Waals surface area (Å²) in [7, 11) is -4.04. The molecule has 1 fully saturated rings. The van der Waals surface area contributed by atoms with E-state index in [9.17, 15) is 21.6 Å². The molecule has 152 valence electrons. The summed E-state index contributed by atoms with van der Waals surface area (Å²) >= 11 is 5.85. The Kier molecular flexibility index (Phi) is 4.94. The highest BCUT2D eigenvalue weighted by molar-refractivity contribution is 7.91. The van der Waals surface area contributed by atoms with E-state index < -0.39 is 34.4 Å². The molecule has 9 heteroatoms. The number of hydrogen-bond acceptors (Lipinski definition) is 4. The van der Waals surface area contributed by atoms with Gasteiger partial charge in [0.15, 0.2) is 0 Å². The van der Waals surface area contributed by atoms with Crippen molar-refractivity contribution in [2.75, 3.05) is 18.0 Å². The van der Waals surface area contributed by atoms with E-state index in [0.29, 0.717) is 10.5 Å². The minimum absolute atomic E-state index is 0.0111. The fourth-order valence-electron chi connectivity index (χ4n) is 3.45. The van der Waals surface area contributed by atoms with Crippen LogP contribution in [0.4, 0.5) is 18.9 Å². The molecule has 2 aromatic carbocycles. The van der Waals surface area contributed by atoms with Gasteiger partial charge in [0, 0.05) is 42.5 Å². The Bertz CT molecular complexity index is 1170. The highest BCUT2D eigenvalue weighted by atomic mass is 35.5. The summed E-state index contributed by atoms with van der Waals surface area (Å²) < 4.78 is 68.0. The van der Waals surface area contributed by atoms with Crippen molar-refractivity contribution < 1.29 is 21.6 Å². The molecular weight excluding hydrogens is 425 g/mol. The van der Waals surface area contributed by atoms with E-state index >= 15 is 0 Å². The van der Waals surface area contributed by atoms with Gasteiger partial charge in [-0.15, -0.1) is 0 Å². The van der Waals surface area contributed by atoms with Gasteiger partial charge >= 0.3 is 0 Å². The van der Waals surface area contributed by atoms with Crippen LogP contribution in [0.1, 0.15) is 12.8 Å². The second-order valence-electron chi connectivity index (χ2n) is 6.93. The van der Waals surface area contributed by atoms with Crippen LogP contribution in [0.25, 0.3) is 10.9 Å². The summed E-state index contributed by atoms with van der Waals surface area (Å²) in [6, 6.07) is 9.46. The van der Waals surface area contributed by atoms with Gasteiger partial charge in [-0.3, -0.25) is 4.98 Å². The number of nitrogens with zero attached hydrogens (tertiary/aromatic N) is 2. The van der Waals surface area contributed by atoms with Crippen molar-refractivity contribution in [2.24, 2.45) is 0 Å². The van der Waals surface area contributed by atoms with E-state index in [-0.39, 0.29) is 34.0 Å². The van der Waals surface area contributed by atoms with Crippen molar-refractivity contribution >= 4 is 38.0 Å². The number of pyridine rings is 1. The lowest BCUT2D eigenvalue weighted by Gasteiger charge is -2.35. The van der Waals surface area contributed by atoms with Crippen molar-refractivity contribution in [3.63, 3.8) is 0 Å². The predicted octanol–water partition coefficient (Wildman–Crippen LogP) is 5.10. The number of hydrogen-bond donors (Lipinski definition) is 0. The van der Waals surface area contributed by atoms with Crippen LogP contribution in [0.3, 0.4) is 0 Å². The first-order valence-electron chi connectivity index (χ1n) is 8.89. The normalized spacial score (nSPS) is 16.9. The van der Waals surface area contributed by atoms with Crippen LogP contribution in [0.5, 0.6) is 0 Å². The second kappa shape index (κ2) is 7.18. The van der Waals surface area contributed by atoms with Crippen molar-refractivity contribution in [3.05, 3.63) is 59.5 Å². The quantitative estimate of drug-likeness (QED) is 0.569. The number of sulfone groups is 1. The summed E-state index contributed by atoms with van der Waals surface area (Å²) in [5.74, 6) is -3.37. The molecule has 4 nitrogen and oxygen atoms in total. The molecule has 3 aromatic rings. The maximum Gasteiger partial charge on any atom is 0.251 e. The average Bonchev–Trinajstić information content (AvgIpc) is 2.67. The molecule has 0 N–H and O–H groups in total. The van der Waals surface area contributed by atoms with E-state index in [1.807, 2.05) is 0 Å². The third-order valence-corrected chi connectivity index (χ3v) is 7.02. The van der Waals surface area contributed by atoms with E-state index in [2.05, 4.69) is 4.98 Å². The molecule has 0 amide bonds. The Morgan fingerprint density at radius 2 is 1.69 bits per heavy atom. The zero-order valence-corrected chi connectivity index (χ0v) is 16.7. The molecule has 0 unspecified atom stereocenters. The van der Waals surface area contributed by atoms with Crippen LogP contribution < -0.4 is 4.90 Å². The highest BCUT2D eigenvalue weighted by Crippen LogP contribution is 2.39. The van der Waals surface area contributed by atoms with Crippen LogP contribution in [0.2, 0.25) is 5.02 Å². The zero-order valence-electron chi connectivity index (χ0n) is 15.1. The molecule has 1 aromatic heterocycles. The Morgan fingerprint density at radius 3 is 2.34 bits per heavy atom. The Labute approximate surface area is 170 Å². The number of benzene rings is 2. The van der Waals surface area contributed by atoms with Gasteiger partial charge in [-0.05, 0) is 42.5 Å². The Morgan fingerprint density at radius 1 is 1.03 bits per heavy atom. The first kappa shape index (κ1) is 20.0. The standard InChI is InChI=1S/C20H16ClF3N2O2S/c21-13-1-4-15(5-2-13)29(27,28)18-12-25-17-6-3-14(22)11-16(17)19(18)26-9-7-20(23,24)8-10-26/h1-6,11-12H,7-10H2. The number of fused-ring (bicyclic) bond motifs is 1. The van der Waals surface area contributed by atoms with Crippen LogP contribution in [0, 0.1) is 5.82 Å². The molecule has 1 saturated heterocycles. The van der Waals surface area contributed by atoms with Gasteiger partial charge in [-0.2, -0.15) is 0 Å². The molecule has 0 saturated carbocycles. The zero-order chi connectivity index (χ0) is 20.8. The molecule has 0 spiro atoms.